The molecule has 0 saturated heterocycles. The third kappa shape index (κ3) is 1.90. The van der Waals surface area contributed by atoms with Crippen molar-refractivity contribution >= 4 is 45.1 Å². The summed E-state index contributed by atoms with van der Waals surface area (Å²) in [5.41, 5.74) is -0.205. The minimum absolute atomic E-state index is 0.00174. The van der Waals surface area contributed by atoms with Gasteiger partial charge in [0.1, 0.15) is 0 Å². The lowest BCUT2D eigenvalue weighted by atomic mass is 10.2. The van der Waals surface area contributed by atoms with Gasteiger partial charge in [-0.25, -0.2) is 4.79 Å². The Kier molecular flexibility index (Phi) is 3.05. The first kappa shape index (κ1) is 10.6. The van der Waals surface area contributed by atoms with E-state index in [-0.39, 0.29) is 20.1 Å². The van der Waals surface area contributed by atoms with E-state index in [1.807, 2.05) is 0 Å². The van der Waals surface area contributed by atoms with Gasteiger partial charge in [-0.3, -0.25) is 0 Å². The molecule has 0 amide bonds. The van der Waals surface area contributed by atoms with Crippen LogP contribution < -0.4 is 0 Å². The average molecular weight is 286 g/mol. The predicted octanol–water partition coefficient (Wildman–Crippen LogP) is 3.16. The fourth-order valence-electron chi connectivity index (χ4n) is 0.776. The van der Waals surface area contributed by atoms with Gasteiger partial charge in [0.15, 0.2) is 5.75 Å². The van der Waals surface area contributed by atoms with Crippen LogP contribution in [0.4, 0.5) is 0 Å². The van der Waals surface area contributed by atoms with E-state index in [2.05, 4.69) is 15.9 Å². The number of hydrogen-bond acceptors (Lipinski definition) is 2. The molecule has 6 heteroatoms. The first-order valence-electron chi connectivity index (χ1n) is 3.05. The van der Waals surface area contributed by atoms with E-state index < -0.39 is 11.7 Å². The van der Waals surface area contributed by atoms with Gasteiger partial charge in [0.2, 0.25) is 0 Å². The zero-order valence-corrected chi connectivity index (χ0v) is 9.11. The Morgan fingerprint density at radius 1 is 1.46 bits per heavy atom. The lowest BCUT2D eigenvalue weighted by Gasteiger charge is -2.05. The van der Waals surface area contributed by atoms with Gasteiger partial charge in [0, 0.05) is 4.47 Å². The number of aromatic carboxylic acids is 1. The molecular formula is C7H3BrCl2O3. The highest BCUT2D eigenvalue weighted by molar-refractivity contribution is 9.10. The lowest BCUT2D eigenvalue weighted by molar-refractivity contribution is 0.0695. The number of halogens is 3. The van der Waals surface area contributed by atoms with Crippen LogP contribution in [0.1, 0.15) is 10.4 Å². The second kappa shape index (κ2) is 3.74. The molecule has 3 nitrogen and oxygen atoms in total. The van der Waals surface area contributed by atoms with E-state index in [4.69, 9.17) is 28.3 Å². The lowest BCUT2D eigenvalue weighted by Crippen LogP contribution is -1.99. The number of carboxylic acids is 1. The zero-order chi connectivity index (χ0) is 10.2. The average Bonchev–Trinajstić information content (AvgIpc) is 1.99. The molecule has 0 aromatic heterocycles. The molecule has 0 heterocycles. The van der Waals surface area contributed by atoms with Crippen LogP contribution in [-0.2, 0) is 0 Å². The quantitative estimate of drug-likeness (QED) is 0.833. The van der Waals surface area contributed by atoms with Gasteiger partial charge < -0.3 is 10.2 Å². The van der Waals surface area contributed by atoms with Gasteiger partial charge in [-0.05, 0) is 22.0 Å². The van der Waals surface area contributed by atoms with Crippen LogP contribution in [-0.4, -0.2) is 16.2 Å². The minimum Gasteiger partial charge on any atom is -0.505 e. The van der Waals surface area contributed by atoms with Gasteiger partial charge in [-0.2, -0.15) is 0 Å². The first-order chi connectivity index (χ1) is 5.95. The van der Waals surface area contributed by atoms with Crippen LogP contribution in [0, 0.1) is 0 Å². The number of aromatic hydroxyl groups is 1. The van der Waals surface area contributed by atoms with Crippen molar-refractivity contribution in [1.82, 2.24) is 0 Å². The third-order valence-corrected chi connectivity index (χ3v) is 2.64. The maximum Gasteiger partial charge on any atom is 0.338 e. The number of benzene rings is 1. The van der Waals surface area contributed by atoms with E-state index >= 15 is 0 Å². The highest BCUT2D eigenvalue weighted by Gasteiger charge is 2.19. The second-order valence-electron chi connectivity index (χ2n) is 2.18. The summed E-state index contributed by atoms with van der Waals surface area (Å²) >= 11 is 14.1. The number of carbonyl (C=O) groups is 1. The number of phenolic OH excluding ortho intramolecular Hbond substituents is 1. The van der Waals surface area contributed by atoms with E-state index in [9.17, 15) is 9.90 Å². The molecule has 0 spiro atoms. The molecule has 1 aromatic rings. The minimum atomic E-state index is -1.23. The molecule has 0 bridgehead atoms. The highest BCUT2D eigenvalue weighted by atomic mass is 79.9. The van der Waals surface area contributed by atoms with Crippen molar-refractivity contribution in [2.75, 3.05) is 0 Å². The fourth-order valence-corrected chi connectivity index (χ4v) is 2.16. The molecule has 13 heavy (non-hydrogen) atoms. The van der Waals surface area contributed by atoms with Gasteiger partial charge in [-0.1, -0.05) is 23.2 Å². The normalized spacial score (nSPS) is 10.1. The van der Waals surface area contributed by atoms with Crippen molar-refractivity contribution in [3.05, 3.63) is 26.1 Å². The number of rotatable bonds is 1. The first-order valence-corrected chi connectivity index (χ1v) is 4.59. The molecule has 0 atom stereocenters. The SMILES string of the molecule is O=C(O)c1c(Br)cc(Cl)c(O)c1Cl. The van der Waals surface area contributed by atoms with E-state index in [1.54, 1.807) is 0 Å². The van der Waals surface area contributed by atoms with Gasteiger partial charge >= 0.3 is 5.97 Å². The Morgan fingerprint density at radius 2 is 2.00 bits per heavy atom. The Morgan fingerprint density at radius 3 is 2.46 bits per heavy atom. The van der Waals surface area contributed by atoms with Crippen molar-refractivity contribution in [2.45, 2.75) is 0 Å². The van der Waals surface area contributed by atoms with Crippen LogP contribution in [0.25, 0.3) is 0 Å². The summed E-state index contributed by atoms with van der Waals surface area (Å²) in [5, 5.41) is 17.6. The van der Waals surface area contributed by atoms with E-state index in [0.29, 0.717) is 0 Å². The maximum absolute atomic E-state index is 10.6. The largest absolute Gasteiger partial charge is 0.505 e. The predicted molar refractivity (Wildman–Crippen MR) is 52.8 cm³/mol. The molecule has 0 fully saturated rings. The van der Waals surface area contributed by atoms with Crippen LogP contribution >= 0.6 is 39.1 Å². The van der Waals surface area contributed by atoms with Crippen LogP contribution in [0.2, 0.25) is 10.0 Å². The molecule has 1 rings (SSSR count). The molecule has 70 valence electrons. The summed E-state index contributed by atoms with van der Waals surface area (Å²) in [5.74, 6) is -1.66. The van der Waals surface area contributed by atoms with Crippen molar-refractivity contribution in [3.63, 3.8) is 0 Å². The molecule has 0 radical (unpaired) electrons. The van der Waals surface area contributed by atoms with E-state index in [0.717, 1.165) is 0 Å². The molecule has 0 aliphatic heterocycles. The molecule has 2 N–H and O–H groups in total. The van der Waals surface area contributed by atoms with E-state index in [1.165, 1.54) is 6.07 Å². The Bertz CT molecular complexity index is 378. The Hall–Kier alpha value is -0.450. The molecule has 0 aliphatic carbocycles. The van der Waals surface area contributed by atoms with Crippen LogP contribution in [0.15, 0.2) is 10.5 Å². The molecule has 0 aliphatic rings. The summed E-state index contributed by atoms with van der Waals surface area (Å²) < 4.78 is 0.229. The smallest absolute Gasteiger partial charge is 0.338 e. The number of carboxylic acid groups (broad SMARTS) is 1. The summed E-state index contributed by atoms with van der Waals surface area (Å²) in [6.45, 7) is 0. The topological polar surface area (TPSA) is 57.5 Å². The summed E-state index contributed by atoms with van der Waals surface area (Å²) in [6.07, 6.45) is 0. The van der Waals surface area contributed by atoms with Crippen LogP contribution in [0.5, 0.6) is 5.75 Å². The monoisotopic (exact) mass is 284 g/mol. The number of hydrogen-bond donors (Lipinski definition) is 2. The summed E-state index contributed by atoms with van der Waals surface area (Å²) in [6, 6.07) is 1.27. The van der Waals surface area contributed by atoms with Crippen LogP contribution in [0.3, 0.4) is 0 Å². The molecular weight excluding hydrogens is 283 g/mol. The standard InChI is InChI=1S/C7H3BrCl2O3/c8-2-1-3(9)6(11)5(10)4(2)7(12)13/h1,11H,(H,12,13). The molecule has 0 unspecified atom stereocenters. The fraction of sp³-hybridized carbons (Fsp3) is 0. The Balaban J connectivity index is 3.53. The second-order valence-corrected chi connectivity index (χ2v) is 3.82. The van der Waals surface area contributed by atoms with Crippen molar-refractivity contribution in [1.29, 1.82) is 0 Å². The van der Waals surface area contributed by atoms with Crippen molar-refractivity contribution in [3.8, 4) is 5.75 Å². The summed E-state index contributed by atoms with van der Waals surface area (Å²) in [7, 11) is 0. The zero-order valence-electron chi connectivity index (χ0n) is 6.01. The summed E-state index contributed by atoms with van der Waals surface area (Å²) in [4.78, 5) is 10.6. The third-order valence-electron chi connectivity index (χ3n) is 1.36. The number of phenols is 1. The Labute approximate surface area is 92.0 Å². The van der Waals surface area contributed by atoms with Gasteiger partial charge in [0.25, 0.3) is 0 Å². The molecule has 0 saturated carbocycles. The maximum atomic E-state index is 10.6. The van der Waals surface area contributed by atoms with Gasteiger partial charge in [0.05, 0.1) is 15.6 Å². The van der Waals surface area contributed by atoms with Crippen molar-refractivity contribution < 1.29 is 15.0 Å². The molecule has 1 aromatic carbocycles. The van der Waals surface area contributed by atoms with Crippen molar-refractivity contribution in [2.24, 2.45) is 0 Å². The highest BCUT2D eigenvalue weighted by Crippen LogP contribution is 2.38. The van der Waals surface area contributed by atoms with Gasteiger partial charge in [-0.15, -0.1) is 0 Å².